The van der Waals surface area contributed by atoms with E-state index in [1.165, 1.54) is 5.57 Å². The van der Waals surface area contributed by atoms with Crippen molar-refractivity contribution in [2.75, 3.05) is 0 Å². The smallest absolute Gasteiger partial charge is 0.207 e. The van der Waals surface area contributed by atoms with Gasteiger partial charge in [0.15, 0.2) is 0 Å². The molecule has 1 aromatic carbocycles. The number of hydrogen-bond acceptors (Lipinski definition) is 2. The Labute approximate surface area is 127 Å². The van der Waals surface area contributed by atoms with E-state index < -0.39 is 10.0 Å². The third-order valence-electron chi connectivity index (χ3n) is 5.50. The molecule has 2 saturated carbocycles. The standard InChI is InChI=1S/C17H23NO2S/c1-11-5-7-14(8-6-11)21(19,20)18-16-10-13-9-15(16)12(2)17(13,3)4/h5-8,13,15-16,18H,2,9-10H2,1,3-4H3/t13-,15+,16?/m0/s1. The number of sulfonamides is 1. The number of benzene rings is 1. The molecule has 1 N–H and O–H groups in total. The minimum absolute atomic E-state index is 0.00169. The first-order valence-corrected chi connectivity index (χ1v) is 8.98. The Balaban J connectivity index is 1.79. The molecule has 3 rings (SSSR count). The molecule has 2 aliphatic rings. The van der Waals surface area contributed by atoms with Gasteiger partial charge in [-0.1, -0.05) is 43.7 Å². The van der Waals surface area contributed by atoms with E-state index in [4.69, 9.17) is 0 Å². The molecule has 2 aliphatic carbocycles. The van der Waals surface area contributed by atoms with Gasteiger partial charge < -0.3 is 0 Å². The van der Waals surface area contributed by atoms with E-state index in [9.17, 15) is 8.42 Å². The lowest BCUT2D eigenvalue weighted by atomic mass is 9.72. The molecule has 0 amide bonds. The van der Waals surface area contributed by atoms with Crippen LogP contribution in [0.5, 0.6) is 0 Å². The van der Waals surface area contributed by atoms with Gasteiger partial charge >= 0.3 is 0 Å². The highest BCUT2D eigenvalue weighted by Crippen LogP contribution is 2.58. The van der Waals surface area contributed by atoms with Crippen LogP contribution in [0.3, 0.4) is 0 Å². The molecule has 4 heteroatoms. The summed E-state index contributed by atoms with van der Waals surface area (Å²) in [6.07, 6.45) is 1.98. The van der Waals surface area contributed by atoms with Gasteiger partial charge in [0, 0.05) is 6.04 Å². The Morgan fingerprint density at radius 3 is 2.33 bits per heavy atom. The number of aryl methyl sites for hydroxylation is 1. The third-order valence-corrected chi connectivity index (χ3v) is 7.00. The van der Waals surface area contributed by atoms with E-state index in [-0.39, 0.29) is 17.4 Å². The molecule has 2 fully saturated rings. The van der Waals surface area contributed by atoms with Crippen LogP contribution in [0.4, 0.5) is 0 Å². The summed E-state index contributed by atoms with van der Waals surface area (Å²) >= 11 is 0. The lowest BCUT2D eigenvalue weighted by molar-refractivity contribution is 0.269. The second-order valence-corrected chi connectivity index (χ2v) is 8.78. The zero-order valence-electron chi connectivity index (χ0n) is 12.9. The van der Waals surface area contributed by atoms with Crippen LogP contribution < -0.4 is 4.72 Å². The van der Waals surface area contributed by atoms with E-state index in [0.29, 0.717) is 10.8 Å². The average molecular weight is 305 g/mol. The second-order valence-electron chi connectivity index (χ2n) is 7.06. The summed E-state index contributed by atoms with van der Waals surface area (Å²) in [7, 11) is -3.43. The minimum atomic E-state index is -3.43. The zero-order valence-corrected chi connectivity index (χ0v) is 13.7. The summed E-state index contributed by atoms with van der Waals surface area (Å²) in [4.78, 5) is 0.348. The van der Waals surface area contributed by atoms with Crippen molar-refractivity contribution in [3.8, 4) is 0 Å². The third kappa shape index (κ3) is 2.34. The number of hydrogen-bond donors (Lipinski definition) is 1. The monoisotopic (exact) mass is 305 g/mol. The molecule has 2 bridgehead atoms. The Bertz CT molecular complexity index is 673. The highest BCUT2D eigenvalue weighted by molar-refractivity contribution is 7.89. The highest BCUT2D eigenvalue weighted by atomic mass is 32.2. The quantitative estimate of drug-likeness (QED) is 0.871. The van der Waals surface area contributed by atoms with Gasteiger partial charge in [0.2, 0.25) is 10.0 Å². The second kappa shape index (κ2) is 4.68. The van der Waals surface area contributed by atoms with Gasteiger partial charge in [0.1, 0.15) is 0 Å². The van der Waals surface area contributed by atoms with Crippen LogP contribution >= 0.6 is 0 Å². The Kier molecular flexibility index (Phi) is 3.30. The maximum absolute atomic E-state index is 12.5. The molecular formula is C17H23NO2S. The molecule has 0 aliphatic heterocycles. The van der Waals surface area contributed by atoms with Crippen LogP contribution in [0.25, 0.3) is 0 Å². The van der Waals surface area contributed by atoms with E-state index in [2.05, 4.69) is 25.1 Å². The average Bonchev–Trinajstić information content (AvgIpc) is 2.89. The minimum Gasteiger partial charge on any atom is -0.207 e. The van der Waals surface area contributed by atoms with E-state index in [1.54, 1.807) is 12.1 Å². The molecule has 114 valence electrons. The van der Waals surface area contributed by atoms with Gasteiger partial charge in [0.05, 0.1) is 4.90 Å². The molecule has 0 heterocycles. The number of fused-ring (bicyclic) bond motifs is 2. The highest BCUT2D eigenvalue weighted by Gasteiger charge is 2.53. The van der Waals surface area contributed by atoms with Gasteiger partial charge in [-0.25, -0.2) is 13.1 Å². The summed E-state index contributed by atoms with van der Waals surface area (Å²) < 4.78 is 27.9. The number of rotatable bonds is 3. The van der Waals surface area contributed by atoms with Gasteiger partial charge in [-0.3, -0.25) is 0 Å². The number of nitrogens with one attached hydrogen (secondary N) is 1. The Morgan fingerprint density at radius 2 is 1.81 bits per heavy atom. The van der Waals surface area contributed by atoms with Crippen molar-refractivity contribution in [3.63, 3.8) is 0 Å². The van der Waals surface area contributed by atoms with Crippen molar-refractivity contribution >= 4 is 10.0 Å². The van der Waals surface area contributed by atoms with Crippen LogP contribution in [0.1, 0.15) is 32.3 Å². The van der Waals surface area contributed by atoms with E-state index >= 15 is 0 Å². The fraction of sp³-hybridized carbons (Fsp3) is 0.529. The van der Waals surface area contributed by atoms with Crippen LogP contribution in [-0.4, -0.2) is 14.5 Å². The molecule has 3 atom stereocenters. The molecular weight excluding hydrogens is 282 g/mol. The largest absolute Gasteiger partial charge is 0.240 e. The van der Waals surface area contributed by atoms with Crippen LogP contribution in [-0.2, 0) is 10.0 Å². The molecule has 0 spiro atoms. The summed E-state index contributed by atoms with van der Waals surface area (Å²) in [5.41, 5.74) is 2.41. The summed E-state index contributed by atoms with van der Waals surface area (Å²) in [6, 6.07) is 7.00. The van der Waals surface area contributed by atoms with Crippen LogP contribution in [0.15, 0.2) is 41.3 Å². The van der Waals surface area contributed by atoms with Gasteiger partial charge in [-0.15, -0.1) is 0 Å². The predicted molar refractivity (Wildman–Crippen MR) is 84.4 cm³/mol. The summed E-state index contributed by atoms with van der Waals surface area (Å²) in [5.74, 6) is 0.825. The first kappa shape index (κ1) is 14.8. The molecule has 3 nitrogen and oxygen atoms in total. The van der Waals surface area contributed by atoms with E-state index in [0.717, 1.165) is 18.4 Å². The molecule has 21 heavy (non-hydrogen) atoms. The topological polar surface area (TPSA) is 46.2 Å². The molecule has 0 radical (unpaired) electrons. The van der Waals surface area contributed by atoms with Crippen LogP contribution in [0, 0.1) is 24.2 Å². The first-order valence-electron chi connectivity index (χ1n) is 7.50. The maximum atomic E-state index is 12.5. The van der Waals surface area contributed by atoms with Gasteiger partial charge in [0.25, 0.3) is 0 Å². The molecule has 0 saturated heterocycles. The predicted octanol–water partition coefficient (Wildman–Crippen LogP) is 3.26. The summed E-state index contributed by atoms with van der Waals surface area (Å²) in [6.45, 7) is 10.6. The van der Waals surface area contributed by atoms with Crippen molar-refractivity contribution < 1.29 is 8.42 Å². The Hall–Kier alpha value is -1.13. The van der Waals surface area contributed by atoms with Crippen molar-refractivity contribution in [2.45, 2.75) is 44.6 Å². The van der Waals surface area contributed by atoms with E-state index in [1.807, 2.05) is 19.1 Å². The lowest BCUT2D eigenvalue weighted by Crippen LogP contribution is -2.42. The summed E-state index contributed by atoms with van der Waals surface area (Å²) in [5, 5.41) is 0. The zero-order chi connectivity index (χ0) is 15.4. The molecule has 1 aromatic rings. The van der Waals surface area contributed by atoms with Gasteiger partial charge in [-0.2, -0.15) is 0 Å². The van der Waals surface area contributed by atoms with Crippen molar-refractivity contribution in [2.24, 2.45) is 17.3 Å². The van der Waals surface area contributed by atoms with Crippen LogP contribution in [0.2, 0.25) is 0 Å². The molecule has 1 unspecified atom stereocenters. The maximum Gasteiger partial charge on any atom is 0.240 e. The van der Waals surface area contributed by atoms with Gasteiger partial charge in [-0.05, 0) is 49.1 Å². The first-order chi connectivity index (χ1) is 9.72. The Morgan fingerprint density at radius 1 is 1.19 bits per heavy atom. The SMILES string of the molecule is C=C1[C@H]2C[C@@H](CC2NS(=O)(=O)c2ccc(C)cc2)C1(C)C. The lowest BCUT2D eigenvalue weighted by Gasteiger charge is -2.36. The molecule has 0 aromatic heterocycles. The fourth-order valence-electron chi connectivity index (χ4n) is 3.87. The normalized spacial score (nSPS) is 30.8. The fourth-order valence-corrected chi connectivity index (χ4v) is 5.16. The van der Waals surface area contributed by atoms with Crippen molar-refractivity contribution in [3.05, 3.63) is 42.0 Å². The van der Waals surface area contributed by atoms with Crippen molar-refractivity contribution in [1.29, 1.82) is 0 Å². The van der Waals surface area contributed by atoms with Crippen molar-refractivity contribution in [1.82, 2.24) is 4.72 Å².